The van der Waals surface area contributed by atoms with Crippen molar-refractivity contribution in [2.45, 2.75) is 4.90 Å². The van der Waals surface area contributed by atoms with E-state index in [-0.39, 0.29) is 4.90 Å². The van der Waals surface area contributed by atoms with Crippen LogP contribution in [0.2, 0.25) is 0 Å². The van der Waals surface area contributed by atoms with Crippen LogP contribution in [0.1, 0.15) is 0 Å². The highest BCUT2D eigenvalue weighted by Crippen LogP contribution is 2.25. The van der Waals surface area contributed by atoms with Gasteiger partial charge in [-0.2, -0.15) is 0 Å². The Balaban J connectivity index is 3.09. The number of ether oxygens (including phenoxy) is 1. The first-order valence-corrected chi connectivity index (χ1v) is 6.94. The molecule has 1 aromatic carbocycles. The summed E-state index contributed by atoms with van der Waals surface area (Å²) in [6.45, 7) is 1.17. The molecule has 0 aliphatic heterocycles. The van der Waals surface area contributed by atoms with E-state index in [2.05, 4.69) is 4.72 Å². The highest BCUT2D eigenvalue weighted by molar-refractivity contribution is 7.89. The number of nitrogen functional groups attached to an aromatic ring is 1. The fraction of sp³-hybridized carbons (Fsp3) is 0.455. The number of sulfonamides is 1. The second-order valence-electron chi connectivity index (χ2n) is 3.84. The van der Waals surface area contributed by atoms with Crippen molar-refractivity contribution in [2.75, 3.05) is 45.0 Å². The third-order valence-electron chi connectivity index (χ3n) is 2.62. The normalized spacial score (nSPS) is 11.5. The van der Waals surface area contributed by atoms with Gasteiger partial charge in [0.25, 0.3) is 0 Å². The molecule has 0 aliphatic rings. The van der Waals surface area contributed by atoms with E-state index in [1.807, 2.05) is 11.9 Å². The molecule has 0 bridgehead atoms. The molecule has 0 amide bonds. The van der Waals surface area contributed by atoms with Crippen LogP contribution >= 0.6 is 0 Å². The molecule has 3 N–H and O–H groups in total. The summed E-state index contributed by atoms with van der Waals surface area (Å²) in [5.41, 5.74) is 7.05. The van der Waals surface area contributed by atoms with Crippen LogP contribution in [0.4, 0.5) is 11.4 Å². The summed E-state index contributed by atoms with van der Waals surface area (Å²) < 4.78 is 30.7. The van der Waals surface area contributed by atoms with Crippen LogP contribution in [0.15, 0.2) is 23.1 Å². The summed E-state index contributed by atoms with van der Waals surface area (Å²) in [6.07, 6.45) is 0. The molecule has 18 heavy (non-hydrogen) atoms. The van der Waals surface area contributed by atoms with Crippen molar-refractivity contribution in [3.05, 3.63) is 18.2 Å². The van der Waals surface area contributed by atoms with Gasteiger partial charge in [0.1, 0.15) is 0 Å². The Labute approximate surface area is 108 Å². The highest BCUT2D eigenvalue weighted by atomic mass is 32.2. The lowest BCUT2D eigenvalue weighted by molar-refractivity contribution is 0.206. The number of likely N-dealkylation sites (N-methyl/N-ethyl adjacent to an activating group) is 1. The Bertz CT molecular complexity index is 502. The Morgan fingerprint density at radius 3 is 2.67 bits per heavy atom. The van der Waals surface area contributed by atoms with E-state index in [9.17, 15) is 8.42 Å². The van der Waals surface area contributed by atoms with E-state index in [1.54, 1.807) is 19.2 Å². The molecule has 0 aliphatic carbocycles. The maximum absolute atomic E-state index is 11.7. The second kappa shape index (κ2) is 6.03. The molecule has 0 heterocycles. The molecule has 1 aromatic rings. The molecule has 6 nitrogen and oxygen atoms in total. The zero-order chi connectivity index (χ0) is 13.8. The topological polar surface area (TPSA) is 84.7 Å². The number of hydrogen-bond donors (Lipinski definition) is 2. The number of hydrogen-bond acceptors (Lipinski definition) is 5. The molecule has 0 spiro atoms. The standard InChI is InChI=1S/C11H19N3O3S/c1-13-18(15,16)9-4-5-10(12)11(8-9)14(2)6-7-17-3/h4-5,8,13H,6-7,12H2,1-3H3. The number of nitrogens with two attached hydrogens (primary N) is 1. The second-order valence-corrected chi connectivity index (χ2v) is 5.73. The van der Waals surface area contributed by atoms with Crippen molar-refractivity contribution in [3.8, 4) is 0 Å². The third-order valence-corrected chi connectivity index (χ3v) is 4.03. The van der Waals surface area contributed by atoms with Gasteiger partial charge in [-0.1, -0.05) is 0 Å². The van der Waals surface area contributed by atoms with Gasteiger partial charge in [0.15, 0.2) is 0 Å². The maximum Gasteiger partial charge on any atom is 0.240 e. The van der Waals surface area contributed by atoms with Crippen LogP contribution < -0.4 is 15.4 Å². The van der Waals surface area contributed by atoms with Gasteiger partial charge in [0.2, 0.25) is 10.0 Å². The molecule has 0 fully saturated rings. The van der Waals surface area contributed by atoms with E-state index in [4.69, 9.17) is 10.5 Å². The number of nitrogens with zero attached hydrogens (tertiary/aromatic N) is 1. The molecule has 1 rings (SSSR count). The van der Waals surface area contributed by atoms with Gasteiger partial charge in [0, 0.05) is 20.7 Å². The molecule has 0 unspecified atom stereocenters. The molecule has 7 heteroatoms. The first-order chi connectivity index (χ1) is 8.42. The molecular formula is C11H19N3O3S. The average Bonchev–Trinajstić information content (AvgIpc) is 2.36. The molecule has 0 atom stereocenters. The predicted octanol–water partition coefficient (Wildman–Crippen LogP) is 0.260. The average molecular weight is 273 g/mol. The van der Waals surface area contributed by atoms with Gasteiger partial charge >= 0.3 is 0 Å². The van der Waals surface area contributed by atoms with Crippen molar-refractivity contribution in [1.29, 1.82) is 0 Å². The van der Waals surface area contributed by atoms with Crippen LogP contribution in [-0.4, -0.2) is 42.8 Å². The van der Waals surface area contributed by atoms with Crippen LogP contribution in [0.25, 0.3) is 0 Å². The van der Waals surface area contributed by atoms with Crippen LogP contribution in [0.5, 0.6) is 0 Å². The molecule has 102 valence electrons. The summed E-state index contributed by atoms with van der Waals surface area (Å²) >= 11 is 0. The summed E-state index contributed by atoms with van der Waals surface area (Å²) in [5, 5.41) is 0. The minimum Gasteiger partial charge on any atom is -0.397 e. The number of anilines is 2. The van der Waals surface area contributed by atoms with Gasteiger partial charge < -0.3 is 15.4 Å². The van der Waals surface area contributed by atoms with Gasteiger partial charge in [-0.3, -0.25) is 0 Å². The molecule has 0 radical (unpaired) electrons. The lowest BCUT2D eigenvalue weighted by Gasteiger charge is -2.21. The minimum atomic E-state index is -3.45. The Kier molecular flexibility index (Phi) is 4.94. The van der Waals surface area contributed by atoms with Crippen molar-refractivity contribution in [1.82, 2.24) is 4.72 Å². The molecular weight excluding hydrogens is 254 g/mol. The van der Waals surface area contributed by atoms with Gasteiger partial charge in [-0.15, -0.1) is 0 Å². The summed E-state index contributed by atoms with van der Waals surface area (Å²) in [6, 6.07) is 4.62. The SMILES string of the molecule is CNS(=O)(=O)c1ccc(N)c(N(C)CCOC)c1. The lowest BCUT2D eigenvalue weighted by atomic mass is 10.2. The van der Waals surface area contributed by atoms with E-state index in [0.717, 1.165) is 0 Å². The molecule has 0 aromatic heterocycles. The Hall–Kier alpha value is -1.31. The van der Waals surface area contributed by atoms with Gasteiger partial charge in [0.05, 0.1) is 22.9 Å². The molecule has 0 saturated carbocycles. The van der Waals surface area contributed by atoms with Crippen LogP contribution in [0.3, 0.4) is 0 Å². The van der Waals surface area contributed by atoms with E-state index in [0.29, 0.717) is 24.5 Å². The summed E-state index contributed by atoms with van der Waals surface area (Å²) in [4.78, 5) is 2.05. The fourth-order valence-corrected chi connectivity index (χ4v) is 2.24. The first-order valence-electron chi connectivity index (χ1n) is 5.45. The summed E-state index contributed by atoms with van der Waals surface area (Å²) in [5.74, 6) is 0. The minimum absolute atomic E-state index is 0.193. The van der Waals surface area contributed by atoms with Crippen molar-refractivity contribution in [3.63, 3.8) is 0 Å². The van der Waals surface area contributed by atoms with Crippen molar-refractivity contribution in [2.24, 2.45) is 0 Å². The zero-order valence-electron chi connectivity index (χ0n) is 10.8. The fourth-order valence-electron chi connectivity index (χ4n) is 1.49. The van der Waals surface area contributed by atoms with E-state index in [1.165, 1.54) is 13.1 Å². The largest absolute Gasteiger partial charge is 0.397 e. The van der Waals surface area contributed by atoms with Gasteiger partial charge in [-0.25, -0.2) is 13.1 Å². The number of rotatable bonds is 6. The maximum atomic E-state index is 11.7. The Morgan fingerprint density at radius 2 is 2.11 bits per heavy atom. The smallest absolute Gasteiger partial charge is 0.240 e. The predicted molar refractivity (Wildman–Crippen MR) is 72.2 cm³/mol. The quantitative estimate of drug-likeness (QED) is 0.726. The first kappa shape index (κ1) is 14.7. The van der Waals surface area contributed by atoms with Crippen molar-refractivity contribution < 1.29 is 13.2 Å². The summed E-state index contributed by atoms with van der Waals surface area (Å²) in [7, 11) is 1.36. The van der Waals surface area contributed by atoms with Crippen LogP contribution in [-0.2, 0) is 14.8 Å². The Morgan fingerprint density at radius 1 is 1.44 bits per heavy atom. The van der Waals surface area contributed by atoms with E-state index >= 15 is 0 Å². The monoisotopic (exact) mass is 273 g/mol. The highest BCUT2D eigenvalue weighted by Gasteiger charge is 2.14. The zero-order valence-corrected chi connectivity index (χ0v) is 11.6. The third kappa shape index (κ3) is 3.34. The van der Waals surface area contributed by atoms with Crippen LogP contribution in [0, 0.1) is 0 Å². The van der Waals surface area contributed by atoms with Crippen molar-refractivity contribution >= 4 is 21.4 Å². The lowest BCUT2D eigenvalue weighted by Crippen LogP contribution is -2.24. The number of methoxy groups -OCH3 is 1. The number of benzene rings is 1. The van der Waals surface area contributed by atoms with E-state index < -0.39 is 10.0 Å². The van der Waals surface area contributed by atoms with Gasteiger partial charge in [-0.05, 0) is 25.2 Å². The number of nitrogens with one attached hydrogen (secondary N) is 1. The molecule has 0 saturated heterocycles.